The minimum atomic E-state index is -3.03. The van der Waals surface area contributed by atoms with Gasteiger partial charge in [-0.2, -0.15) is 0 Å². The van der Waals surface area contributed by atoms with Gasteiger partial charge in [-0.1, -0.05) is 23.7 Å². The van der Waals surface area contributed by atoms with Crippen molar-refractivity contribution in [2.45, 2.75) is 25.2 Å². The van der Waals surface area contributed by atoms with Crippen molar-refractivity contribution in [2.24, 2.45) is 0 Å². The highest BCUT2D eigenvalue weighted by Gasteiger charge is 2.27. The molecule has 2 aromatic rings. The number of nitrogens with zero attached hydrogens (tertiary/aromatic N) is 1. The van der Waals surface area contributed by atoms with E-state index in [4.69, 9.17) is 16.7 Å². The van der Waals surface area contributed by atoms with E-state index in [0.717, 1.165) is 13.1 Å². The van der Waals surface area contributed by atoms with Crippen LogP contribution in [0.3, 0.4) is 0 Å². The van der Waals surface area contributed by atoms with Gasteiger partial charge >= 0.3 is 5.97 Å². The van der Waals surface area contributed by atoms with Crippen molar-refractivity contribution in [3.8, 4) is 0 Å². The number of benzene rings is 1. The van der Waals surface area contributed by atoms with Gasteiger partial charge in [0.15, 0.2) is 0 Å². The van der Waals surface area contributed by atoms with Gasteiger partial charge in [0, 0.05) is 35.8 Å². The van der Waals surface area contributed by atoms with Crippen molar-refractivity contribution >= 4 is 17.6 Å². The molecule has 1 aromatic carbocycles. The molecular formula is C16H14ClF2NO2. The van der Waals surface area contributed by atoms with Crippen LogP contribution in [0.25, 0.3) is 0 Å². The minimum absolute atomic E-state index is 0.220. The number of halogens is 3. The normalized spacial score (nSPS) is 12.9. The summed E-state index contributed by atoms with van der Waals surface area (Å²) < 4.78 is 26.9. The fraction of sp³-hybridized carbons (Fsp3) is 0.250. The van der Waals surface area contributed by atoms with Crippen LogP contribution in [0, 0.1) is 0 Å². The number of aliphatic carboxylic acids is 1. The molecule has 0 aliphatic heterocycles. The van der Waals surface area contributed by atoms with E-state index in [9.17, 15) is 13.6 Å². The van der Waals surface area contributed by atoms with Crippen LogP contribution < -0.4 is 0 Å². The average molecular weight is 326 g/mol. The lowest BCUT2D eigenvalue weighted by atomic mass is 9.88. The summed E-state index contributed by atoms with van der Waals surface area (Å²) in [7, 11) is 0. The molecule has 0 fully saturated rings. The average Bonchev–Trinajstić information content (AvgIpc) is 2.45. The van der Waals surface area contributed by atoms with Gasteiger partial charge in [0.2, 0.25) is 0 Å². The van der Waals surface area contributed by atoms with Gasteiger partial charge in [0.05, 0.1) is 6.42 Å². The maximum atomic E-state index is 13.4. The van der Waals surface area contributed by atoms with Gasteiger partial charge in [-0.05, 0) is 29.3 Å². The van der Waals surface area contributed by atoms with Crippen LogP contribution in [-0.2, 0) is 10.7 Å². The number of alkyl halides is 2. The Morgan fingerprint density at radius 2 is 1.91 bits per heavy atom. The quantitative estimate of drug-likeness (QED) is 0.883. The van der Waals surface area contributed by atoms with E-state index in [1.54, 1.807) is 24.3 Å². The van der Waals surface area contributed by atoms with E-state index in [-0.39, 0.29) is 12.0 Å². The summed E-state index contributed by atoms with van der Waals surface area (Å²) in [4.78, 5) is 14.9. The monoisotopic (exact) mass is 325 g/mol. The summed E-state index contributed by atoms with van der Waals surface area (Å²) in [6.07, 6.45) is 2.28. The zero-order valence-corrected chi connectivity index (χ0v) is 12.5. The molecule has 0 saturated carbocycles. The fourth-order valence-corrected chi connectivity index (χ4v) is 2.31. The smallest absolute Gasteiger partial charge is 0.304 e. The number of rotatable bonds is 5. The Hall–Kier alpha value is -2.01. The first-order valence-electron chi connectivity index (χ1n) is 6.58. The molecule has 3 nitrogen and oxygen atoms in total. The highest BCUT2D eigenvalue weighted by molar-refractivity contribution is 6.30. The molecule has 0 amide bonds. The molecule has 1 atom stereocenters. The first-order valence-corrected chi connectivity index (χ1v) is 6.95. The summed E-state index contributed by atoms with van der Waals surface area (Å²) in [5.74, 6) is -4.62. The lowest BCUT2D eigenvalue weighted by Gasteiger charge is -2.18. The molecule has 0 spiro atoms. The van der Waals surface area contributed by atoms with E-state index in [1.165, 1.54) is 12.3 Å². The summed E-state index contributed by atoms with van der Waals surface area (Å²) in [5.41, 5.74) is 0.878. The second kappa shape index (κ2) is 6.40. The highest BCUT2D eigenvalue weighted by atomic mass is 35.5. The Balaban J connectivity index is 2.45. The van der Waals surface area contributed by atoms with E-state index < -0.39 is 17.8 Å². The van der Waals surface area contributed by atoms with Crippen molar-refractivity contribution in [1.29, 1.82) is 0 Å². The summed E-state index contributed by atoms with van der Waals surface area (Å²) >= 11 is 5.83. The van der Waals surface area contributed by atoms with Crippen molar-refractivity contribution in [1.82, 2.24) is 4.98 Å². The van der Waals surface area contributed by atoms with Crippen LogP contribution in [0.1, 0.15) is 36.0 Å². The molecule has 22 heavy (non-hydrogen) atoms. The molecule has 1 heterocycles. The first kappa shape index (κ1) is 16.4. The number of aromatic nitrogens is 1. The number of carboxylic acid groups (broad SMARTS) is 1. The van der Waals surface area contributed by atoms with Gasteiger partial charge in [0.25, 0.3) is 5.92 Å². The predicted molar refractivity (Wildman–Crippen MR) is 79.4 cm³/mol. The number of carbonyl (C=O) groups is 1. The fourth-order valence-electron chi connectivity index (χ4n) is 2.19. The standard InChI is InChI=1S/C16H14ClF2NO2/c1-16(18,19)12-6-11(8-20-9-12)14(7-15(21)22)10-2-4-13(17)5-3-10/h2-6,8-9,14H,7H2,1H3,(H,21,22). The third kappa shape index (κ3) is 4.01. The molecule has 1 unspecified atom stereocenters. The second-order valence-corrected chi connectivity index (χ2v) is 5.53. The zero-order chi connectivity index (χ0) is 16.3. The van der Waals surface area contributed by atoms with Gasteiger partial charge in [0.1, 0.15) is 0 Å². The molecule has 1 aromatic heterocycles. The van der Waals surface area contributed by atoms with Crippen molar-refractivity contribution in [3.05, 3.63) is 64.4 Å². The third-order valence-electron chi connectivity index (χ3n) is 3.32. The van der Waals surface area contributed by atoms with E-state index >= 15 is 0 Å². The maximum Gasteiger partial charge on any atom is 0.304 e. The van der Waals surface area contributed by atoms with Gasteiger partial charge in [-0.25, -0.2) is 8.78 Å². The van der Waals surface area contributed by atoms with Gasteiger partial charge in [-0.15, -0.1) is 0 Å². The molecular weight excluding hydrogens is 312 g/mol. The van der Waals surface area contributed by atoms with Crippen molar-refractivity contribution in [2.75, 3.05) is 0 Å². The molecule has 116 valence electrons. The summed E-state index contributed by atoms with van der Waals surface area (Å²) in [6, 6.07) is 7.95. The topological polar surface area (TPSA) is 50.2 Å². The largest absolute Gasteiger partial charge is 0.481 e. The molecule has 0 radical (unpaired) electrons. The molecule has 2 rings (SSSR count). The lowest BCUT2D eigenvalue weighted by Crippen LogP contribution is -2.12. The van der Waals surface area contributed by atoms with Crippen LogP contribution in [-0.4, -0.2) is 16.1 Å². The zero-order valence-electron chi connectivity index (χ0n) is 11.8. The van der Waals surface area contributed by atoms with Gasteiger partial charge in [-0.3, -0.25) is 9.78 Å². The molecule has 6 heteroatoms. The van der Waals surface area contributed by atoms with Crippen molar-refractivity contribution < 1.29 is 18.7 Å². The van der Waals surface area contributed by atoms with Crippen molar-refractivity contribution in [3.63, 3.8) is 0 Å². The Labute approximate surface area is 131 Å². The van der Waals surface area contributed by atoms with Crippen LogP contribution in [0.2, 0.25) is 5.02 Å². The number of hydrogen-bond donors (Lipinski definition) is 1. The molecule has 0 aliphatic carbocycles. The lowest BCUT2D eigenvalue weighted by molar-refractivity contribution is -0.137. The number of hydrogen-bond acceptors (Lipinski definition) is 2. The molecule has 0 saturated heterocycles. The van der Waals surface area contributed by atoms with Crippen LogP contribution in [0.5, 0.6) is 0 Å². The minimum Gasteiger partial charge on any atom is -0.481 e. The Morgan fingerprint density at radius 3 is 2.45 bits per heavy atom. The maximum absolute atomic E-state index is 13.4. The van der Waals surface area contributed by atoms with E-state index in [0.29, 0.717) is 16.1 Å². The van der Waals surface area contributed by atoms with Crippen LogP contribution in [0.15, 0.2) is 42.7 Å². The van der Waals surface area contributed by atoms with Crippen LogP contribution >= 0.6 is 11.6 Å². The van der Waals surface area contributed by atoms with Crippen LogP contribution in [0.4, 0.5) is 8.78 Å². The Kier molecular flexibility index (Phi) is 4.76. The van der Waals surface area contributed by atoms with Gasteiger partial charge < -0.3 is 5.11 Å². The Morgan fingerprint density at radius 1 is 1.27 bits per heavy atom. The summed E-state index contributed by atoms with van der Waals surface area (Å²) in [5, 5.41) is 9.61. The summed E-state index contributed by atoms with van der Waals surface area (Å²) in [6.45, 7) is 0.780. The van der Waals surface area contributed by atoms with E-state index in [2.05, 4.69) is 4.98 Å². The molecule has 0 bridgehead atoms. The molecule has 0 aliphatic rings. The third-order valence-corrected chi connectivity index (χ3v) is 3.57. The second-order valence-electron chi connectivity index (χ2n) is 5.10. The SMILES string of the molecule is CC(F)(F)c1cncc(C(CC(=O)O)c2ccc(Cl)cc2)c1. The Bertz CT molecular complexity index is 669. The number of carboxylic acids is 1. The molecule has 1 N–H and O–H groups in total. The predicted octanol–water partition coefficient (Wildman–Crippen LogP) is 4.45. The first-order chi connectivity index (χ1) is 10.3. The van der Waals surface area contributed by atoms with E-state index in [1.807, 2.05) is 0 Å². The number of pyridine rings is 1. The highest BCUT2D eigenvalue weighted by Crippen LogP contribution is 2.32.